The molecule has 0 amide bonds. The Morgan fingerprint density at radius 1 is 1.50 bits per heavy atom. The molecule has 0 aliphatic carbocycles. The van der Waals surface area contributed by atoms with E-state index in [0.717, 1.165) is 16.7 Å². The minimum atomic E-state index is 0.397. The smallest absolute Gasteiger partial charge is 0.210 e. The lowest BCUT2D eigenvalue weighted by molar-refractivity contribution is 0.785. The fraction of sp³-hybridized carbons (Fsp3) is 0.125. The highest BCUT2D eigenvalue weighted by molar-refractivity contribution is 7.71. The maximum Gasteiger partial charge on any atom is 0.242 e. The largest absolute Gasteiger partial charge is 0.242 e. The first kappa shape index (κ1) is 9.14. The van der Waals surface area contributed by atoms with Crippen molar-refractivity contribution in [2.24, 2.45) is 0 Å². The molecule has 0 saturated heterocycles. The molecule has 0 spiro atoms. The molecule has 1 aromatic carbocycles. The van der Waals surface area contributed by atoms with Crippen LogP contribution in [0.1, 0.15) is 5.56 Å². The lowest BCUT2D eigenvalue weighted by atomic mass is 9.91. The van der Waals surface area contributed by atoms with Gasteiger partial charge in [-0.05, 0) is 31.3 Å². The van der Waals surface area contributed by atoms with E-state index in [0.29, 0.717) is 4.77 Å². The van der Waals surface area contributed by atoms with Gasteiger partial charge in [-0.2, -0.15) is 5.21 Å². The molecule has 0 saturated carbocycles. The number of aromatic nitrogens is 4. The van der Waals surface area contributed by atoms with E-state index in [4.69, 9.17) is 20.1 Å². The van der Waals surface area contributed by atoms with Crippen LogP contribution in [0, 0.1) is 11.7 Å². The van der Waals surface area contributed by atoms with Gasteiger partial charge in [0.2, 0.25) is 4.77 Å². The van der Waals surface area contributed by atoms with Crippen LogP contribution in [0.4, 0.5) is 0 Å². The zero-order valence-corrected chi connectivity index (χ0v) is 8.38. The molecule has 0 aliphatic rings. The Morgan fingerprint density at radius 2 is 2.29 bits per heavy atom. The van der Waals surface area contributed by atoms with E-state index in [1.165, 1.54) is 0 Å². The SMILES string of the molecule is [B]c1ccc(-n2[nH]nnc2=S)cc1C. The van der Waals surface area contributed by atoms with Crippen LogP contribution in [-0.2, 0) is 0 Å². The number of H-pyrrole nitrogens is 1. The summed E-state index contributed by atoms with van der Waals surface area (Å²) < 4.78 is 2.01. The number of benzene rings is 1. The van der Waals surface area contributed by atoms with Gasteiger partial charge in [-0.1, -0.05) is 27.4 Å². The summed E-state index contributed by atoms with van der Waals surface area (Å²) in [5.74, 6) is 0. The standard InChI is InChI=1S/C8H7BN4S/c1-5-4-6(2-3-7(5)9)13-8(14)10-11-12-13/h2-4H,1H3,(H,10,12,14). The summed E-state index contributed by atoms with van der Waals surface area (Å²) in [6.45, 7) is 1.94. The number of hydrogen-bond acceptors (Lipinski definition) is 3. The summed E-state index contributed by atoms with van der Waals surface area (Å²) in [6.07, 6.45) is 0. The second-order valence-corrected chi connectivity index (χ2v) is 3.32. The molecular weight excluding hydrogens is 195 g/mol. The molecule has 0 aliphatic heterocycles. The first-order valence-corrected chi connectivity index (χ1v) is 4.46. The van der Waals surface area contributed by atoms with E-state index in [9.17, 15) is 0 Å². The minimum Gasteiger partial charge on any atom is -0.210 e. The second kappa shape index (κ2) is 3.38. The van der Waals surface area contributed by atoms with Gasteiger partial charge in [0.1, 0.15) is 7.85 Å². The zero-order chi connectivity index (χ0) is 10.1. The highest BCUT2D eigenvalue weighted by Crippen LogP contribution is 2.06. The minimum absolute atomic E-state index is 0.397. The molecule has 4 nitrogen and oxygen atoms in total. The fourth-order valence-corrected chi connectivity index (χ4v) is 1.35. The molecule has 68 valence electrons. The van der Waals surface area contributed by atoms with Gasteiger partial charge in [0, 0.05) is 0 Å². The number of hydrogen-bond donors (Lipinski definition) is 1. The van der Waals surface area contributed by atoms with Crippen molar-refractivity contribution in [2.45, 2.75) is 6.92 Å². The van der Waals surface area contributed by atoms with Gasteiger partial charge >= 0.3 is 0 Å². The molecule has 1 aromatic heterocycles. The molecule has 0 unspecified atom stereocenters. The fourth-order valence-electron chi connectivity index (χ4n) is 1.16. The molecule has 0 atom stereocenters. The normalized spacial score (nSPS) is 10.4. The molecule has 2 aromatic rings. The van der Waals surface area contributed by atoms with Gasteiger partial charge < -0.3 is 0 Å². The second-order valence-electron chi connectivity index (χ2n) is 2.96. The third-order valence-electron chi connectivity index (χ3n) is 1.98. The Labute approximate surface area is 87.3 Å². The number of tetrazole rings is 1. The van der Waals surface area contributed by atoms with Gasteiger partial charge in [0.05, 0.1) is 5.69 Å². The number of nitrogens with one attached hydrogen (secondary N) is 1. The van der Waals surface area contributed by atoms with Crippen molar-refractivity contribution in [2.75, 3.05) is 0 Å². The Bertz CT molecular complexity index is 516. The third-order valence-corrected chi connectivity index (χ3v) is 2.25. The zero-order valence-electron chi connectivity index (χ0n) is 7.56. The lowest BCUT2D eigenvalue weighted by Crippen LogP contribution is -2.08. The first-order chi connectivity index (χ1) is 6.68. The van der Waals surface area contributed by atoms with Crippen molar-refractivity contribution in [1.29, 1.82) is 0 Å². The predicted molar refractivity (Wildman–Crippen MR) is 56.7 cm³/mol. The summed E-state index contributed by atoms with van der Waals surface area (Å²) in [4.78, 5) is 0. The number of nitrogens with zero attached hydrogens (tertiary/aromatic N) is 3. The molecule has 1 heterocycles. The van der Waals surface area contributed by atoms with E-state index >= 15 is 0 Å². The summed E-state index contributed by atoms with van der Waals surface area (Å²) in [5, 5.41) is 9.97. The Morgan fingerprint density at radius 3 is 2.86 bits per heavy atom. The highest BCUT2D eigenvalue weighted by Gasteiger charge is 2.00. The van der Waals surface area contributed by atoms with Crippen molar-refractivity contribution >= 4 is 25.5 Å². The van der Waals surface area contributed by atoms with Crippen molar-refractivity contribution in [3.05, 3.63) is 28.5 Å². The molecule has 2 radical (unpaired) electrons. The van der Waals surface area contributed by atoms with Gasteiger partial charge in [0.15, 0.2) is 0 Å². The van der Waals surface area contributed by atoms with E-state index in [1.807, 2.05) is 25.1 Å². The van der Waals surface area contributed by atoms with E-state index in [2.05, 4.69) is 15.5 Å². The van der Waals surface area contributed by atoms with Crippen LogP contribution in [-0.4, -0.2) is 28.1 Å². The van der Waals surface area contributed by atoms with Gasteiger partial charge in [-0.3, -0.25) is 0 Å². The Kier molecular flexibility index (Phi) is 2.21. The summed E-state index contributed by atoms with van der Waals surface area (Å²) >= 11 is 4.97. The average Bonchev–Trinajstić information content (AvgIpc) is 2.57. The van der Waals surface area contributed by atoms with Crippen molar-refractivity contribution < 1.29 is 0 Å². The maximum absolute atomic E-state index is 5.70. The van der Waals surface area contributed by atoms with Gasteiger partial charge in [0.25, 0.3) is 0 Å². The quantitative estimate of drug-likeness (QED) is 0.538. The summed E-state index contributed by atoms with van der Waals surface area (Å²) in [6, 6.07) is 5.61. The molecule has 0 fully saturated rings. The van der Waals surface area contributed by atoms with Crippen LogP contribution < -0.4 is 5.46 Å². The first-order valence-electron chi connectivity index (χ1n) is 4.05. The lowest BCUT2D eigenvalue weighted by Gasteiger charge is -2.04. The average molecular weight is 202 g/mol. The summed E-state index contributed by atoms with van der Waals surface area (Å²) in [7, 11) is 5.70. The topological polar surface area (TPSA) is 46.5 Å². The number of aryl methyl sites for hydroxylation is 1. The molecule has 1 N–H and O–H groups in total. The van der Waals surface area contributed by atoms with Crippen LogP contribution >= 0.6 is 12.2 Å². The van der Waals surface area contributed by atoms with Crippen LogP contribution in [0.25, 0.3) is 5.69 Å². The van der Waals surface area contributed by atoms with Gasteiger partial charge in [-0.25, -0.2) is 4.68 Å². The molecule has 0 bridgehead atoms. The van der Waals surface area contributed by atoms with E-state index < -0.39 is 0 Å². The Balaban J connectivity index is 2.59. The van der Waals surface area contributed by atoms with E-state index in [-0.39, 0.29) is 0 Å². The van der Waals surface area contributed by atoms with Crippen LogP contribution in [0.3, 0.4) is 0 Å². The van der Waals surface area contributed by atoms with Crippen molar-refractivity contribution in [3.63, 3.8) is 0 Å². The highest BCUT2D eigenvalue weighted by atomic mass is 32.1. The predicted octanol–water partition coefficient (Wildman–Crippen LogP) is 0.427. The molecule has 6 heteroatoms. The van der Waals surface area contributed by atoms with Crippen LogP contribution in [0.5, 0.6) is 0 Å². The molecular formula is C8H7BN4S. The molecule has 2 rings (SSSR count). The Hall–Kier alpha value is -1.43. The number of aromatic amines is 1. The monoisotopic (exact) mass is 202 g/mol. The van der Waals surface area contributed by atoms with E-state index in [1.54, 1.807) is 4.68 Å². The van der Waals surface area contributed by atoms with Crippen molar-refractivity contribution in [1.82, 2.24) is 20.2 Å². The van der Waals surface area contributed by atoms with Crippen molar-refractivity contribution in [3.8, 4) is 5.69 Å². The van der Waals surface area contributed by atoms with Crippen LogP contribution in [0.15, 0.2) is 18.2 Å². The third kappa shape index (κ3) is 1.48. The maximum atomic E-state index is 5.70. The summed E-state index contributed by atoms with van der Waals surface area (Å²) in [5.41, 5.74) is 2.64. The van der Waals surface area contributed by atoms with Gasteiger partial charge in [-0.15, -0.1) is 0 Å². The molecule has 14 heavy (non-hydrogen) atoms. The van der Waals surface area contributed by atoms with Crippen LogP contribution in [0.2, 0.25) is 0 Å². The number of rotatable bonds is 1.